The number of pyridine rings is 1. The Bertz CT molecular complexity index is 684. The summed E-state index contributed by atoms with van der Waals surface area (Å²) in [5.74, 6) is 0.0124. The third-order valence-corrected chi connectivity index (χ3v) is 4.17. The van der Waals surface area contributed by atoms with E-state index in [-0.39, 0.29) is 0 Å². The number of hydrogen-bond acceptors (Lipinski definition) is 4. The molecule has 0 saturated carbocycles. The highest BCUT2D eigenvalue weighted by Gasteiger charge is 2.25. The zero-order chi connectivity index (χ0) is 15.0. The number of rotatable bonds is 3. The second kappa shape index (κ2) is 5.33. The normalized spacial score (nSPS) is 18.6. The van der Waals surface area contributed by atoms with E-state index in [1.165, 1.54) is 0 Å². The van der Waals surface area contributed by atoms with Gasteiger partial charge in [0.05, 0.1) is 11.1 Å². The van der Waals surface area contributed by atoms with Crippen molar-refractivity contribution in [1.29, 1.82) is 0 Å². The molecule has 2 heterocycles. The molecular weight excluding hydrogens is 266 g/mol. The van der Waals surface area contributed by atoms with E-state index in [1.54, 1.807) is 12.1 Å². The van der Waals surface area contributed by atoms with E-state index >= 15 is 0 Å². The Hall–Kier alpha value is -2.14. The van der Waals surface area contributed by atoms with Gasteiger partial charge in [0.15, 0.2) is 0 Å². The molecule has 1 N–H and O–H groups in total. The summed E-state index contributed by atoms with van der Waals surface area (Å²) in [7, 11) is 4.20. The highest BCUT2D eigenvalue weighted by atomic mass is 16.4. The van der Waals surface area contributed by atoms with Gasteiger partial charge in [-0.25, -0.2) is 9.78 Å². The van der Waals surface area contributed by atoms with Gasteiger partial charge < -0.3 is 14.9 Å². The lowest BCUT2D eigenvalue weighted by Crippen LogP contribution is -2.31. The van der Waals surface area contributed by atoms with Crippen molar-refractivity contribution in [3.05, 3.63) is 35.9 Å². The predicted molar refractivity (Wildman–Crippen MR) is 83.0 cm³/mol. The van der Waals surface area contributed by atoms with Crippen LogP contribution < -0.4 is 4.90 Å². The van der Waals surface area contributed by atoms with Gasteiger partial charge in [-0.05, 0) is 44.8 Å². The molecule has 0 amide bonds. The average Bonchev–Trinajstić information content (AvgIpc) is 2.96. The number of nitrogens with zero attached hydrogens (tertiary/aromatic N) is 3. The molecule has 21 heavy (non-hydrogen) atoms. The van der Waals surface area contributed by atoms with Crippen molar-refractivity contribution in [2.75, 3.05) is 32.1 Å². The number of anilines is 1. The standard InChI is InChI=1S/C16H19N3O2/c1-18(2)11-8-9-19(10-11)15-7-6-12-13(16(20)21)4-3-5-14(12)17-15/h3-7,11H,8-10H2,1-2H3,(H,20,21). The number of benzene rings is 1. The summed E-state index contributed by atoms with van der Waals surface area (Å²) in [6.45, 7) is 1.95. The summed E-state index contributed by atoms with van der Waals surface area (Å²) in [5.41, 5.74) is 1.04. The third kappa shape index (κ3) is 2.56. The Kier molecular flexibility index (Phi) is 3.51. The number of aromatic carboxylic acids is 1. The van der Waals surface area contributed by atoms with Crippen LogP contribution in [0.3, 0.4) is 0 Å². The first kappa shape index (κ1) is 13.8. The topological polar surface area (TPSA) is 56.7 Å². The lowest BCUT2D eigenvalue weighted by atomic mass is 10.1. The van der Waals surface area contributed by atoms with Gasteiger partial charge in [-0.1, -0.05) is 6.07 Å². The second-order valence-corrected chi connectivity index (χ2v) is 5.70. The molecular formula is C16H19N3O2. The van der Waals surface area contributed by atoms with Crippen LogP contribution in [0.25, 0.3) is 10.9 Å². The van der Waals surface area contributed by atoms with Gasteiger partial charge in [0.2, 0.25) is 0 Å². The molecule has 0 aliphatic carbocycles. The molecule has 1 atom stereocenters. The smallest absolute Gasteiger partial charge is 0.336 e. The molecule has 5 nitrogen and oxygen atoms in total. The van der Waals surface area contributed by atoms with Crippen LogP contribution in [0.2, 0.25) is 0 Å². The SMILES string of the molecule is CN(C)C1CCN(c2ccc3c(C(=O)O)cccc3n2)C1. The first-order valence-corrected chi connectivity index (χ1v) is 7.10. The maximum absolute atomic E-state index is 11.2. The van der Waals surface area contributed by atoms with Crippen LogP contribution in [0.1, 0.15) is 16.8 Å². The van der Waals surface area contributed by atoms with E-state index in [0.29, 0.717) is 17.0 Å². The number of hydrogen-bond donors (Lipinski definition) is 1. The van der Waals surface area contributed by atoms with Gasteiger partial charge >= 0.3 is 5.97 Å². The molecule has 1 saturated heterocycles. The van der Waals surface area contributed by atoms with E-state index in [0.717, 1.165) is 30.8 Å². The summed E-state index contributed by atoms with van der Waals surface area (Å²) >= 11 is 0. The molecule has 1 unspecified atom stereocenters. The lowest BCUT2D eigenvalue weighted by molar-refractivity contribution is 0.0699. The van der Waals surface area contributed by atoms with Gasteiger partial charge in [0.1, 0.15) is 5.82 Å². The van der Waals surface area contributed by atoms with Gasteiger partial charge in [-0.15, -0.1) is 0 Å². The number of likely N-dealkylation sites (N-methyl/N-ethyl adjacent to an activating group) is 1. The molecule has 1 aromatic carbocycles. The molecule has 1 aliphatic heterocycles. The van der Waals surface area contributed by atoms with Crippen LogP contribution in [0.5, 0.6) is 0 Å². The van der Waals surface area contributed by atoms with Crippen LogP contribution in [-0.4, -0.2) is 54.2 Å². The summed E-state index contributed by atoms with van der Waals surface area (Å²) in [6.07, 6.45) is 1.13. The molecule has 110 valence electrons. The Morgan fingerprint density at radius 1 is 1.33 bits per heavy atom. The Morgan fingerprint density at radius 2 is 2.14 bits per heavy atom. The number of fused-ring (bicyclic) bond motifs is 1. The summed E-state index contributed by atoms with van der Waals surface area (Å²) in [5, 5.41) is 9.91. The summed E-state index contributed by atoms with van der Waals surface area (Å²) < 4.78 is 0. The first-order chi connectivity index (χ1) is 10.1. The zero-order valence-corrected chi connectivity index (χ0v) is 12.3. The van der Waals surface area contributed by atoms with Gasteiger partial charge in [-0.2, -0.15) is 0 Å². The van der Waals surface area contributed by atoms with E-state index < -0.39 is 5.97 Å². The van der Waals surface area contributed by atoms with Crippen molar-refractivity contribution in [1.82, 2.24) is 9.88 Å². The highest BCUT2D eigenvalue weighted by Crippen LogP contribution is 2.24. The maximum atomic E-state index is 11.2. The quantitative estimate of drug-likeness (QED) is 0.935. The first-order valence-electron chi connectivity index (χ1n) is 7.10. The molecule has 3 rings (SSSR count). The molecule has 0 radical (unpaired) electrons. The molecule has 1 aliphatic rings. The Balaban J connectivity index is 1.94. The van der Waals surface area contributed by atoms with E-state index in [1.807, 2.05) is 18.2 Å². The van der Waals surface area contributed by atoms with Crippen molar-refractivity contribution in [2.45, 2.75) is 12.5 Å². The van der Waals surface area contributed by atoms with Crippen LogP contribution in [0, 0.1) is 0 Å². The van der Waals surface area contributed by atoms with Crippen molar-refractivity contribution < 1.29 is 9.90 Å². The number of aromatic nitrogens is 1. The van der Waals surface area contributed by atoms with E-state index in [9.17, 15) is 9.90 Å². The van der Waals surface area contributed by atoms with Crippen molar-refractivity contribution >= 4 is 22.7 Å². The van der Waals surface area contributed by atoms with Crippen molar-refractivity contribution in [2.24, 2.45) is 0 Å². The van der Waals surface area contributed by atoms with E-state index in [2.05, 4.69) is 28.9 Å². The number of carbonyl (C=O) groups is 1. The maximum Gasteiger partial charge on any atom is 0.336 e. The highest BCUT2D eigenvalue weighted by molar-refractivity contribution is 6.02. The Labute approximate surface area is 123 Å². The molecule has 5 heteroatoms. The molecule has 1 fully saturated rings. The average molecular weight is 285 g/mol. The summed E-state index contributed by atoms with van der Waals surface area (Å²) in [6, 6.07) is 9.56. The molecule has 1 aromatic heterocycles. The van der Waals surface area contributed by atoms with E-state index in [4.69, 9.17) is 0 Å². The third-order valence-electron chi connectivity index (χ3n) is 4.17. The Morgan fingerprint density at radius 3 is 2.81 bits per heavy atom. The fraction of sp³-hybridized carbons (Fsp3) is 0.375. The number of carboxylic acid groups (broad SMARTS) is 1. The molecule has 0 spiro atoms. The van der Waals surface area contributed by atoms with Gasteiger partial charge in [0.25, 0.3) is 0 Å². The fourth-order valence-electron chi connectivity index (χ4n) is 2.88. The van der Waals surface area contributed by atoms with Crippen LogP contribution in [-0.2, 0) is 0 Å². The molecule has 2 aromatic rings. The predicted octanol–water partition coefficient (Wildman–Crippen LogP) is 2.07. The monoisotopic (exact) mass is 285 g/mol. The lowest BCUT2D eigenvalue weighted by Gasteiger charge is -2.21. The van der Waals surface area contributed by atoms with Gasteiger partial charge in [-0.3, -0.25) is 0 Å². The van der Waals surface area contributed by atoms with Crippen LogP contribution in [0.15, 0.2) is 30.3 Å². The minimum atomic E-state index is -0.913. The fourth-order valence-corrected chi connectivity index (χ4v) is 2.88. The minimum absolute atomic E-state index is 0.305. The second-order valence-electron chi connectivity index (χ2n) is 5.70. The minimum Gasteiger partial charge on any atom is -0.478 e. The van der Waals surface area contributed by atoms with Crippen LogP contribution >= 0.6 is 0 Å². The number of carboxylic acids is 1. The van der Waals surface area contributed by atoms with Crippen molar-refractivity contribution in [3.8, 4) is 0 Å². The summed E-state index contributed by atoms with van der Waals surface area (Å²) in [4.78, 5) is 20.4. The largest absolute Gasteiger partial charge is 0.478 e. The van der Waals surface area contributed by atoms with Crippen LogP contribution in [0.4, 0.5) is 5.82 Å². The zero-order valence-electron chi connectivity index (χ0n) is 12.3. The van der Waals surface area contributed by atoms with Crippen molar-refractivity contribution in [3.63, 3.8) is 0 Å². The van der Waals surface area contributed by atoms with Gasteiger partial charge in [0, 0.05) is 24.5 Å². The molecule has 0 bridgehead atoms.